The van der Waals surface area contributed by atoms with Crippen LogP contribution in [-0.4, -0.2) is 22.2 Å². The molecule has 2 heterocycles. The molecule has 0 bridgehead atoms. The Bertz CT molecular complexity index is 1110. The molecule has 1 atom stereocenters. The molecule has 7 nitrogen and oxygen atoms in total. The number of carbonyl (C=O) groups is 2. The maximum atomic E-state index is 11.8. The lowest BCUT2D eigenvalue weighted by atomic mass is 9.80. The van der Waals surface area contributed by atoms with Gasteiger partial charge in [-0.3, -0.25) is 0 Å². The highest BCUT2D eigenvalue weighted by Crippen LogP contribution is 2.43. The Balaban J connectivity index is 2.38. The number of thiophene rings is 1. The third-order valence-electron chi connectivity index (χ3n) is 4.20. The minimum Gasteiger partial charge on any atom is -0.478 e. The zero-order valence-corrected chi connectivity index (χ0v) is 14.2. The number of carboxylic acids is 2. The first-order valence-electron chi connectivity index (χ1n) is 7.39. The van der Waals surface area contributed by atoms with Crippen LogP contribution in [0.15, 0.2) is 46.1 Å². The second kappa shape index (κ2) is 6.36. The summed E-state index contributed by atoms with van der Waals surface area (Å²) in [6.07, 6.45) is 0. The molecule has 0 amide bonds. The molecule has 0 fully saturated rings. The van der Waals surface area contributed by atoms with E-state index in [0.717, 1.165) is 0 Å². The quantitative estimate of drug-likeness (QED) is 0.761. The third kappa shape index (κ3) is 2.50. The summed E-state index contributed by atoms with van der Waals surface area (Å²) in [6.45, 7) is 1.49. The van der Waals surface area contributed by atoms with Gasteiger partial charge in [-0.15, -0.1) is 11.3 Å². The van der Waals surface area contributed by atoms with Gasteiger partial charge in [0.1, 0.15) is 17.8 Å². The Hall–Kier alpha value is -3.62. The van der Waals surface area contributed by atoms with Crippen LogP contribution in [-0.2, 0) is 9.59 Å². The van der Waals surface area contributed by atoms with Gasteiger partial charge >= 0.3 is 11.9 Å². The van der Waals surface area contributed by atoms with E-state index in [1.165, 1.54) is 18.3 Å². The van der Waals surface area contributed by atoms with E-state index in [0.29, 0.717) is 21.2 Å². The van der Waals surface area contributed by atoms with E-state index in [9.17, 15) is 30.3 Å². The van der Waals surface area contributed by atoms with E-state index in [1.54, 1.807) is 29.6 Å². The van der Waals surface area contributed by atoms with Gasteiger partial charge in [0, 0.05) is 5.70 Å². The number of benzene rings is 1. The van der Waals surface area contributed by atoms with Crippen molar-refractivity contribution < 1.29 is 19.8 Å². The lowest BCUT2D eigenvalue weighted by Gasteiger charge is -2.27. The second-order valence-electron chi connectivity index (χ2n) is 5.59. The highest BCUT2D eigenvalue weighted by atomic mass is 32.1. The monoisotopic (exact) mass is 365 g/mol. The van der Waals surface area contributed by atoms with Crippen molar-refractivity contribution in [3.8, 4) is 12.1 Å². The fourth-order valence-electron chi connectivity index (χ4n) is 3.13. The number of nitriles is 2. The van der Waals surface area contributed by atoms with Gasteiger partial charge in [-0.25, -0.2) is 9.59 Å². The molecule has 1 aliphatic rings. The summed E-state index contributed by atoms with van der Waals surface area (Å²) in [5, 5.41) is 42.7. The highest BCUT2D eigenvalue weighted by molar-refractivity contribution is 7.17. The van der Waals surface area contributed by atoms with E-state index >= 15 is 0 Å². The average Bonchev–Trinajstić information content (AvgIpc) is 3.03. The molecule has 128 valence electrons. The van der Waals surface area contributed by atoms with Crippen molar-refractivity contribution in [3.05, 3.63) is 57.2 Å². The summed E-state index contributed by atoms with van der Waals surface area (Å²) in [5.41, 5.74) is 0.429. The van der Waals surface area contributed by atoms with Crippen molar-refractivity contribution in [3.63, 3.8) is 0 Å². The Morgan fingerprint density at radius 3 is 2.42 bits per heavy atom. The Morgan fingerprint density at radius 1 is 1.15 bits per heavy atom. The summed E-state index contributed by atoms with van der Waals surface area (Å²) in [6, 6.07) is 8.88. The number of rotatable bonds is 3. The molecule has 0 saturated carbocycles. The van der Waals surface area contributed by atoms with E-state index in [-0.39, 0.29) is 22.5 Å². The van der Waals surface area contributed by atoms with Gasteiger partial charge in [0.25, 0.3) is 0 Å². The van der Waals surface area contributed by atoms with Crippen LogP contribution >= 0.6 is 11.3 Å². The molecule has 0 spiro atoms. The summed E-state index contributed by atoms with van der Waals surface area (Å²) in [7, 11) is 0. The first kappa shape index (κ1) is 17.2. The normalized spacial score (nSPS) is 16.8. The molecule has 0 radical (unpaired) electrons. The van der Waals surface area contributed by atoms with Gasteiger partial charge in [-0.1, -0.05) is 12.1 Å². The van der Waals surface area contributed by atoms with Crippen molar-refractivity contribution in [2.75, 3.05) is 0 Å². The van der Waals surface area contributed by atoms with Crippen LogP contribution in [0.4, 0.5) is 0 Å². The zero-order chi connectivity index (χ0) is 19.0. The fourth-order valence-corrected chi connectivity index (χ4v) is 4.19. The second-order valence-corrected chi connectivity index (χ2v) is 6.47. The maximum absolute atomic E-state index is 11.8. The first-order valence-corrected chi connectivity index (χ1v) is 8.27. The van der Waals surface area contributed by atoms with Crippen molar-refractivity contribution in [1.29, 1.82) is 10.5 Å². The molecule has 3 rings (SSSR count). The summed E-state index contributed by atoms with van der Waals surface area (Å²) in [5.74, 6) is -3.77. The van der Waals surface area contributed by atoms with Crippen LogP contribution < -0.4 is 5.32 Å². The van der Waals surface area contributed by atoms with E-state index in [2.05, 4.69) is 11.4 Å². The predicted octanol–water partition coefficient (Wildman–Crippen LogP) is 2.68. The van der Waals surface area contributed by atoms with Crippen LogP contribution in [0.3, 0.4) is 0 Å². The zero-order valence-electron chi connectivity index (χ0n) is 13.4. The van der Waals surface area contributed by atoms with Gasteiger partial charge in [0.2, 0.25) is 0 Å². The number of hydrogen-bond donors (Lipinski definition) is 3. The van der Waals surface area contributed by atoms with Crippen molar-refractivity contribution >= 4 is 33.4 Å². The number of aliphatic carboxylic acids is 2. The summed E-state index contributed by atoms with van der Waals surface area (Å²) in [4.78, 5) is 23.7. The van der Waals surface area contributed by atoms with Crippen LogP contribution in [0.5, 0.6) is 0 Å². The molecular weight excluding hydrogens is 354 g/mol. The minimum absolute atomic E-state index is 0.136. The smallest absolute Gasteiger partial charge is 0.335 e. The van der Waals surface area contributed by atoms with E-state index in [4.69, 9.17) is 0 Å². The minimum atomic E-state index is -1.37. The van der Waals surface area contributed by atoms with Gasteiger partial charge < -0.3 is 15.5 Å². The molecule has 26 heavy (non-hydrogen) atoms. The van der Waals surface area contributed by atoms with Crippen molar-refractivity contribution in [2.45, 2.75) is 12.8 Å². The molecule has 1 unspecified atom stereocenters. The highest BCUT2D eigenvalue weighted by Gasteiger charge is 2.39. The number of fused-ring (bicyclic) bond motifs is 1. The van der Waals surface area contributed by atoms with Gasteiger partial charge in [-0.2, -0.15) is 10.5 Å². The Labute approximate surface area is 151 Å². The van der Waals surface area contributed by atoms with Crippen LogP contribution in [0, 0.1) is 22.7 Å². The number of nitrogens with one attached hydrogen (secondary N) is 1. The summed E-state index contributed by atoms with van der Waals surface area (Å²) >= 11 is 1.24. The molecule has 0 aliphatic carbocycles. The standard InChI is InChI=1S/C18H11N3O4S/c1-8-13(17(22)23)14(15(18(24)25)12(6-20)21-8)11-7-26-16-9(5-19)3-2-4-10(11)16/h2-4,7,14,21H,1H3,(H,22,23)(H,24,25). The van der Waals surface area contributed by atoms with Gasteiger partial charge in [-0.05, 0) is 29.3 Å². The topological polar surface area (TPSA) is 134 Å². The van der Waals surface area contributed by atoms with E-state index in [1.807, 2.05) is 0 Å². The first-order chi connectivity index (χ1) is 12.4. The number of dihydropyridines is 1. The molecule has 1 aromatic heterocycles. The van der Waals surface area contributed by atoms with Crippen LogP contribution in [0.25, 0.3) is 10.1 Å². The Kier molecular flexibility index (Phi) is 4.21. The van der Waals surface area contributed by atoms with Crippen molar-refractivity contribution in [2.24, 2.45) is 0 Å². The fraction of sp³-hybridized carbons (Fsp3) is 0.111. The maximum Gasteiger partial charge on any atom is 0.335 e. The lowest BCUT2D eigenvalue weighted by Crippen LogP contribution is -2.31. The van der Waals surface area contributed by atoms with Gasteiger partial charge in [0.05, 0.1) is 27.3 Å². The van der Waals surface area contributed by atoms with Crippen LogP contribution in [0.1, 0.15) is 24.0 Å². The summed E-state index contributed by atoms with van der Waals surface area (Å²) < 4.78 is 0.647. The molecule has 1 aliphatic heterocycles. The molecule has 3 N–H and O–H groups in total. The number of carboxylic acid groups (broad SMARTS) is 2. The molecule has 8 heteroatoms. The number of hydrogen-bond acceptors (Lipinski definition) is 6. The van der Waals surface area contributed by atoms with E-state index < -0.39 is 17.9 Å². The van der Waals surface area contributed by atoms with Crippen LogP contribution in [0.2, 0.25) is 0 Å². The lowest BCUT2D eigenvalue weighted by molar-refractivity contribution is -0.133. The Morgan fingerprint density at radius 2 is 1.85 bits per heavy atom. The third-order valence-corrected chi connectivity index (χ3v) is 5.24. The molecule has 2 aromatic rings. The van der Waals surface area contributed by atoms with Crippen molar-refractivity contribution in [1.82, 2.24) is 5.32 Å². The average molecular weight is 365 g/mol. The number of allylic oxidation sites excluding steroid dienone is 2. The largest absolute Gasteiger partial charge is 0.478 e. The molecule has 0 saturated heterocycles. The molecular formula is C18H11N3O4S. The number of nitrogens with zero attached hydrogens (tertiary/aromatic N) is 2. The molecule has 1 aromatic carbocycles. The SMILES string of the molecule is CC1=C(C(=O)O)C(c2csc3c(C#N)cccc23)C(C(=O)O)=C(C#N)N1. The van der Waals surface area contributed by atoms with Gasteiger partial charge in [0.15, 0.2) is 0 Å². The predicted molar refractivity (Wildman–Crippen MR) is 93.0 cm³/mol.